The standard InChI is InChI=1S/C12H10F6N2O4/c1-2-10(22,12(16,17)18)9(21)19-6-3-4-8(20(23)24)7(5-6)11(13,14)15/h3-5,22H,2H2,1H3,(H,19,21). The number of amides is 1. The number of hydrogen-bond acceptors (Lipinski definition) is 4. The Morgan fingerprint density at radius 1 is 1.25 bits per heavy atom. The molecular weight excluding hydrogens is 350 g/mol. The number of hydrogen-bond donors (Lipinski definition) is 2. The predicted molar refractivity (Wildman–Crippen MR) is 68.0 cm³/mol. The number of alkyl halides is 6. The molecule has 0 bridgehead atoms. The number of anilines is 1. The Bertz CT molecular complexity index is 658. The second-order valence-electron chi connectivity index (χ2n) is 4.65. The van der Waals surface area contributed by atoms with Gasteiger partial charge in [-0.2, -0.15) is 26.3 Å². The third kappa shape index (κ3) is 3.75. The molecule has 0 heterocycles. The molecule has 0 aromatic heterocycles. The monoisotopic (exact) mass is 360 g/mol. The van der Waals surface area contributed by atoms with Crippen LogP contribution in [0.1, 0.15) is 18.9 Å². The van der Waals surface area contributed by atoms with Crippen molar-refractivity contribution in [1.82, 2.24) is 0 Å². The van der Waals surface area contributed by atoms with Crippen LogP contribution in [0.5, 0.6) is 0 Å². The van der Waals surface area contributed by atoms with Crippen molar-refractivity contribution in [3.8, 4) is 0 Å². The van der Waals surface area contributed by atoms with E-state index >= 15 is 0 Å². The topological polar surface area (TPSA) is 92.5 Å². The molecule has 134 valence electrons. The van der Waals surface area contributed by atoms with Crippen molar-refractivity contribution < 1.29 is 41.2 Å². The van der Waals surface area contributed by atoms with Crippen LogP contribution >= 0.6 is 0 Å². The van der Waals surface area contributed by atoms with E-state index in [0.29, 0.717) is 12.1 Å². The van der Waals surface area contributed by atoms with Gasteiger partial charge in [0.1, 0.15) is 5.56 Å². The fourth-order valence-electron chi connectivity index (χ4n) is 1.72. The summed E-state index contributed by atoms with van der Waals surface area (Å²) < 4.78 is 76.5. The van der Waals surface area contributed by atoms with Gasteiger partial charge >= 0.3 is 12.4 Å². The molecule has 1 aromatic carbocycles. The summed E-state index contributed by atoms with van der Waals surface area (Å²) in [6, 6.07) is 1.12. The number of nitro groups is 1. The molecule has 1 unspecified atom stereocenters. The summed E-state index contributed by atoms with van der Waals surface area (Å²) >= 11 is 0. The van der Waals surface area contributed by atoms with Crippen LogP contribution in [0.3, 0.4) is 0 Å². The maximum atomic E-state index is 12.8. The summed E-state index contributed by atoms with van der Waals surface area (Å²) in [6.07, 6.45) is -11.6. The molecule has 0 saturated carbocycles. The van der Waals surface area contributed by atoms with Crippen molar-refractivity contribution >= 4 is 17.3 Å². The number of nitrogens with zero attached hydrogens (tertiary/aromatic N) is 1. The Kier molecular flexibility index (Phi) is 5.13. The molecule has 1 amide bonds. The lowest BCUT2D eigenvalue weighted by atomic mass is 9.98. The largest absolute Gasteiger partial charge is 0.426 e. The number of nitro benzene ring substituents is 1. The predicted octanol–water partition coefficient (Wildman–Crippen LogP) is 3.26. The van der Waals surface area contributed by atoms with Gasteiger partial charge in [0, 0.05) is 11.8 Å². The van der Waals surface area contributed by atoms with E-state index in [1.807, 2.05) is 0 Å². The van der Waals surface area contributed by atoms with Crippen LogP contribution in [-0.2, 0) is 11.0 Å². The van der Waals surface area contributed by atoms with Gasteiger partial charge in [-0.05, 0) is 18.6 Å². The SMILES string of the molecule is CCC(O)(C(=O)Nc1ccc([N+](=O)[O-])c(C(F)(F)F)c1)C(F)(F)F. The molecule has 24 heavy (non-hydrogen) atoms. The minimum Gasteiger partial charge on any atom is -0.373 e. The van der Waals surface area contributed by atoms with Crippen molar-refractivity contribution in [1.29, 1.82) is 0 Å². The number of rotatable bonds is 4. The Morgan fingerprint density at radius 3 is 2.17 bits per heavy atom. The molecule has 0 radical (unpaired) electrons. The quantitative estimate of drug-likeness (QED) is 0.490. The van der Waals surface area contributed by atoms with Gasteiger partial charge in [0.2, 0.25) is 5.60 Å². The van der Waals surface area contributed by atoms with Crippen LogP contribution in [-0.4, -0.2) is 27.7 Å². The number of halogens is 6. The van der Waals surface area contributed by atoms with Crippen LogP contribution in [0.2, 0.25) is 0 Å². The minimum absolute atomic E-state index is 0.114. The van der Waals surface area contributed by atoms with E-state index in [4.69, 9.17) is 0 Å². The number of carbonyl (C=O) groups excluding carboxylic acids is 1. The fourth-order valence-corrected chi connectivity index (χ4v) is 1.72. The average Bonchev–Trinajstić information content (AvgIpc) is 2.43. The first kappa shape index (κ1) is 19.7. The average molecular weight is 360 g/mol. The molecule has 2 N–H and O–H groups in total. The Balaban J connectivity index is 3.26. The highest BCUT2D eigenvalue weighted by molar-refractivity contribution is 5.98. The first-order chi connectivity index (χ1) is 10.7. The Labute approximate surface area is 130 Å². The molecule has 0 fully saturated rings. The molecule has 0 spiro atoms. The lowest BCUT2D eigenvalue weighted by Gasteiger charge is -2.27. The molecule has 1 aromatic rings. The van der Waals surface area contributed by atoms with Gasteiger partial charge in [0.15, 0.2) is 0 Å². The maximum absolute atomic E-state index is 12.8. The van der Waals surface area contributed by atoms with Crippen molar-refractivity contribution in [2.75, 3.05) is 5.32 Å². The van der Waals surface area contributed by atoms with E-state index in [-0.39, 0.29) is 6.07 Å². The van der Waals surface area contributed by atoms with Crippen molar-refractivity contribution in [3.05, 3.63) is 33.9 Å². The van der Waals surface area contributed by atoms with Crippen LogP contribution in [0.25, 0.3) is 0 Å². The molecule has 12 heteroatoms. The number of benzene rings is 1. The zero-order valence-corrected chi connectivity index (χ0v) is 11.8. The summed E-state index contributed by atoms with van der Waals surface area (Å²) in [5, 5.41) is 21.4. The molecule has 6 nitrogen and oxygen atoms in total. The summed E-state index contributed by atoms with van der Waals surface area (Å²) in [7, 11) is 0. The normalized spacial score (nSPS) is 14.8. The maximum Gasteiger partial charge on any atom is 0.426 e. The van der Waals surface area contributed by atoms with Gasteiger partial charge in [0.05, 0.1) is 4.92 Å². The van der Waals surface area contributed by atoms with Crippen LogP contribution < -0.4 is 5.32 Å². The molecule has 0 saturated heterocycles. The summed E-state index contributed by atoms with van der Waals surface area (Å²) in [4.78, 5) is 20.8. The van der Waals surface area contributed by atoms with E-state index in [1.54, 1.807) is 0 Å². The lowest BCUT2D eigenvalue weighted by Crippen LogP contribution is -2.54. The van der Waals surface area contributed by atoms with Crippen LogP contribution in [0.4, 0.5) is 37.7 Å². The van der Waals surface area contributed by atoms with E-state index in [9.17, 15) is 46.4 Å². The van der Waals surface area contributed by atoms with E-state index < -0.39 is 52.1 Å². The van der Waals surface area contributed by atoms with E-state index in [0.717, 1.165) is 6.92 Å². The van der Waals surface area contributed by atoms with Crippen molar-refractivity contribution in [2.24, 2.45) is 0 Å². The van der Waals surface area contributed by atoms with Gasteiger partial charge in [-0.3, -0.25) is 14.9 Å². The molecular formula is C12H10F6N2O4. The molecule has 1 atom stereocenters. The summed E-state index contributed by atoms with van der Waals surface area (Å²) in [5.41, 5.74) is -7.68. The second kappa shape index (κ2) is 6.26. The van der Waals surface area contributed by atoms with Crippen LogP contribution in [0, 0.1) is 10.1 Å². The third-order valence-corrected chi connectivity index (χ3v) is 3.11. The highest BCUT2D eigenvalue weighted by Gasteiger charge is 2.58. The first-order valence-corrected chi connectivity index (χ1v) is 6.20. The van der Waals surface area contributed by atoms with Gasteiger partial charge in [-0.25, -0.2) is 0 Å². The minimum atomic E-state index is -5.36. The highest BCUT2D eigenvalue weighted by Crippen LogP contribution is 2.38. The molecule has 0 aliphatic heterocycles. The first-order valence-electron chi connectivity index (χ1n) is 6.20. The van der Waals surface area contributed by atoms with E-state index in [2.05, 4.69) is 0 Å². The number of carbonyl (C=O) groups is 1. The fraction of sp³-hybridized carbons (Fsp3) is 0.417. The molecule has 1 rings (SSSR count). The van der Waals surface area contributed by atoms with Crippen LogP contribution in [0.15, 0.2) is 18.2 Å². The van der Waals surface area contributed by atoms with Crippen molar-refractivity contribution in [2.45, 2.75) is 31.3 Å². The highest BCUT2D eigenvalue weighted by atomic mass is 19.4. The number of aliphatic hydroxyl groups is 1. The van der Waals surface area contributed by atoms with E-state index in [1.165, 1.54) is 5.32 Å². The summed E-state index contributed by atoms with van der Waals surface area (Å²) in [6.45, 7) is 0.851. The smallest absolute Gasteiger partial charge is 0.373 e. The molecule has 0 aliphatic rings. The zero-order chi connectivity index (χ0) is 18.9. The Morgan fingerprint density at radius 2 is 1.79 bits per heavy atom. The third-order valence-electron chi connectivity index (χ3n) is 3.11. The Hall–Kier alpha value is -2.37. The second-order valence-corrected chi connectivity index (χ2v) is 4.65. The number of nitrogens with one attached hydrogen (secondary N) is 1. The van der Waals surface area contributed by atoms with Gasteiger partial charge in [-0.15, -0.1) is 0 Å². The van der Waals surface area contributed by atoms with Gasteiger partial charge in [0.25, 0.3) is 11.6 Å². The van der Waals surface area contributed by atoms with Gasteiger partial charge < -0.3 is 10.4 Å². The lowest BCUT2D eigenvalue weighted by molar-refractivity contribution is -0.388. The molecule has 0 aliphatic carbocycles. The van der Waals surface area contributed by atoms with Crippen molar-refractivity contribution in [3.63, 3.8) is 0 Å². The summed E-state index contributed by atoms with van der Waals surface area (Å²) in [5.74, 6) is -2.00. The van der Waals surface area contributed by atoms with Gasteiger partial charge in [-0.1, -0.05) is 6.92 Å². The zero-order valence-electron chi connectivity index (χ0n) is 11.8.